The molecule has 0 fully saturated rings. The summed E-state index contributed by atoms with van der Waals surface area (Å²) in [4.78, 5) is 3.73. The molecule has 0 aliphatic rings. The van der Waals surface area contributed by atoms with Gasteiger partial charge in [-0.15, -0.1) is 0 Å². The summed E-state index contributed by atoms with van der Waals surface area (Å²) in [7, 11) is 0. The zero-order valence-corrected chi connectivity index (χ0v) is 8.52. The maximum atomic E-state index is 13.3. The Morgan fingerprint density at radius 3 is 2.82 bits per heavy atom. The highest BCUT2D eigenvalue weighted by molar-refractivity contribution is 5.35. The molecule has 1 aromatic carbocycles. The molecule has 1 aromatic heterocycles. The molecule has 0 bridgehead atoms. The summed E-state index contributed by atoms with van der Waals surface area (Å²) in [5.74, 6) is -2.07. The minimum Gasteiger partial charge on any atom is -0.454 e. The molecule has 17 heavy (non-hydrogen) atoms. The van der Waals surface area contributed by atoms with Crippen molar-refractivity contribution in [1.29, 1.82) is 5.26 Å². The van der Waals surface area contributed by atoms with E-state index in [4.69, 9.17) is 10.00 Å². The van der Waals surface area contributed by atoms with Crippen LogP contribution in [-0.2, 0) is 0 Å². The predicted octanol–water partition coefficient (Wildman–Crippen LogP) is 3.02. The molecule has 1 heterocycles. The van der Waals surface area contributed by atoms with Crippen LogP contribution in [0, 0.1) is 23.0 Å². The molecular weight excluding hydrogens is 226 g/mol. The highest BCUT2D eigenvalue weighted by Gasteiger charge is 2.09. The standard InChI is InChI=1S/C12H6F2N2O/c13-10-2-1-3-11(12(10)14)17-9-4-5-16-8(6-9)7-15/h1-6H. The van der Waals surface area contributed by atoms with Gasteiger partial charge in [-0.05, 0) is 18.2 Å². The van der Waals surface area contributed by atoms with E-state index in [0.717, 1.165) is 6.07 Å². The van der Waals surface area contributed by atoms with Crippen LogP contribution in [0.15, 0.2) is 36.5 Å². The van der Waals surface area contributed by atoms with Gasteiger partial charge in [0.1, 0.15) is 17.5 Å². The maximum absolute atomic E-state index is 13.3. The average molecular weight is 232 g/mol. The summed E-state index contributed by atoms with van der Waals surface area (Å²) >= 11 is 0. The zero-order chi connectivity index (χ0) is 12.3. The van der Waals surface area contributed by atoms with Gasteiger partial charge in [0.05, 0.1) is 0 Å². The average Bonchev–Trinajstić information content (AvgIpc) is 2.35. The molecule has 5 heteroatoms. The van der Waals surface area contributed by atoms with E-state index in [-0.39, 0.29) is 17.2 Å². The summed E-state index contributed by atoms with van der Waals surface area (Å²) in [6.07, 6.45) is 1.35. The van der Waals surface area contributed by atoms with Gasteiger partial charge < -0.3 is 4.74 Å². The van der Waals surface area contributed by atoms with Gasteiger partial charge in [-0.25, -0.2) is 9.37 Å². The van der Waals surface area contributed by atoms with Crippen molar-refractivity contribution < 1.29 is 13.5 Å². The highest BCUT2D eigenvalue weighted by atomic mass is 19.2. The van der Waals surface area contributed by atoms with E-state index in [1.807, 2.05) is 6.07 Å². The van der Waals surface area contributed by atoms with Gasteiger partial charge >= 0.3 is 0 Å². The Hall–Kier alpha value is -2.48. The van der Waals surface area contributed by atoms with Crippen LogP contribution in [0.25, 0.3) is 0 Å². The Morgan fingerprint density at radius 1 is 1.24 bits per heavy atom. The number of ether oxygens (including phenoxy) is 1. The largest absolute Gasteiger partial charge is 0.454 e. The fourth-order valence-corrected chi connectivity index (χ4v) is 1.23. The van der Waals surface area contributed by atoms with Gasteiger partial charge in [-0.3, -0.25) is 0 Å². The van der Waals surface area contributed by atoms with Crippen LogP contribution in [-0.4, -0.2) is 4.98 Å². The number of nitriles is 1. The second kappa shape index (κ2) is 4.58. The molecule has 3 nitrogen and oxygen atoms in total. The number of hydrogen-bond donors (Lipinski definition) is 0. The monoisotopic (exact) mass is 232 g/mol. The van der Waals surface area contributed by atoms with Crippen molar-refractivity contribution in [3.05, 3.63) is 53.9 Å². The minimum atomic E-state index is -1.07. The van der Waals surface area contributed by atoms with Gasteiger partial charge in [-0.2, -0.15) is 9.65 Å². The summed E-state index contributed by atoms with van der Waals surface area (Å²) in [5, 5.41) is 8.62. The first-order valence-corrected chi connectivity index (χ1v) is 4.69. The van der Waals surface area contributed by atoms with Crippen LogP contribution in [0.5, 0.6) is 11.5 Å². The summed E-state index contributed by atoms with van der Waals surface area (Å²) in [6.45, 7) is 0. The first-order valence-electron chi connectivity index (χ1n) is 4.69. The molecular formula is C12H6F2N2O. The normalized spacial score (nSPS) is 9.71. The van der Waals surface area contributed by atoms with Gasteiger partial charge in [-0.1, -0.05) is 6.07 Å². The van der Waals surface area contributed by atoms with Crippen molar-refractivity contribution in [3.8, 4) is 17.6 Å². The summed E-state index contributed by atoms with van der Waals surface area (Å²) in [5.41, 5.74) is 0.138. The second-order valence-electron chi connectivity index (χ2n) is 3.14. The lowest BCUT2D eigenvalue weighted by Gasteiger charge is -2.06. The zero-order valence-electron chi connectivity index (χ0n) is 8.52. The lowest BCUT2D eigenvalue weighted by molar-refractivity contribution is 0.415. The quantitative estimate of drug-likeness (QED) is 0.799. The van der Waals surface area contributed by atoms with Crippen molar-refractivity contribution in [3.63, 3.8) is 0 Å². The lowest BCUT2D eigenvalue weighted by atomic mass is 10.3. The Morgan fingerprint density at radius 2 is 2.06 bits per heavy atom. The lowest BCUT2D eigenvalue weighted by Crippen LogP contribution is -1.92. The number of aromatic nitrogens is 1. The van der Waals surface area contributed by atoms with E-state index < -0.39 is 11.6 Å². The Labute approximate surface area is 95.9 Å². The number of halogens is 2. The van der Waals surface area contributed by atoms with Crippen LogP contribution in [0.1, 0.15) is 5.69 Å². The van der Waals surface area contributed by atoms with Crippen molar-refractivity contribution >= 4 is 0 Å². The van der Waals surface area contributed by atoms with E-state index in [2.05, 4.69) is 4.98 Å². The van der Waals surface area contributed by atoms with Crippen molar-refractivity contribution in [2.24, 2.45) is 0 Å². The molecule has 0 amide bonds. The summed E-state index contributed by atoms with van der Waals surface area (Å²) < 4.78 is 31.3. The minimum absolute atomic E-state index is 0.138. The number of pyridine rings is 1. The van der Waals surface area contributed by atoms with Crippen LogP contribution >= 0.6 is 0 Å². The summed E-state index contributed by atoms with van der Waals surface area (Å²) in [6, 6.07) is 8.23. The maximum Gasteiger partial charge on any atom is 0.201 e. The Bertz CT molecular complexity index is 593. The predicted molar refractivity (Wildman–Crippen MR) is 55.4 cm³/mol. The van der Waals surface area contributed by atoms with Crippen LogP contribution < -0.4 is 4.74 Å². The topological polar surface area (TPSA) is 45.9 Å². The molecule has 0 aliphatic heterocycles. The van der Waals surface area contributed by atoms with Gasteiger partial charge in [0.2, 0.25) is 5.82 Å². The highest BCUT2D eigenvalue weighted by Crippen LogP contribution is 2.25. The van der Waals surface area contributed by atoms with Crippen LogP contribution in [0.3, 0.4) is 0 Å². The van der Waals surface area contributed by atoms with E-state index >= 15 is 0 Å². The van der Waals surface area contributed by atoms with Gasteiger partial charge in [0, 0.05) is 12.3 Å². The Kier molecular flexibility index (Phi) is 2.97. The SMILES string of the molecule is N#Cc1cc(Oc2cccc(F)c2F)ccn1. The molecule has 2 rings (SSSR count). The van der Waals surface area contributed by atoms with E-state index in [1.165, 1.54) is 30.5 Å². The molecule has 0 aliphatic carbocycles. The van der Waals surface area contributed by atoms with E-state index in [0.29, 0.717) is 0 Å². The molecule has 0 atom stereocenters. The van der Waals surface area contributed by atoms with Gasteiger partial charge in [0.25, 0.3) is 0 Å². The third-order valence-electron chi connectivity index (χ3n) is 1.99. The van der Waals surface area contributed by atoms with Crippen molar-refractivity contribution in [1.82, 2.24) is 4.98 Å². The molecule has 0 spiro atoms. The third kappa shape index (κ3) is 2.37. The molecule has 0 unspecified atom stereocenters. The smallest absolute Gasteiger partial charge is 0.201 e. The number of benzene rings is 1. The molecule has 0 saturated heterocycles. The third-order valence-corrected chi connectivity index (χ3v) is 1.99. The van der Waals surface area contributed by atoms with Crippen LogP contribution in [0.4, 0.5) is 8.78 Å². The molecule has 84 valence electrons. The number of hydrogen-bond acceptors (Lipinski definition) is 3. The second-order valence-corrected chi connectivity index (χ2v) is 3.14. The molecule has 2 aromatic rings. The van der Waals surface area contributed by atoms with Gasteiger partial charge in [0.15, 0.2) is 11.6 Å². The van der Waals surface area contributed by atoms with E-state index in [9.17, 15) is 8.78 Å². The fourth-order valence-electron chi connectivity index (χ4n) is 1.23. The number of nitrogens with zero attached hydrogens (tertiary/aromatic N) is 2. The first-order chi connectivity index (χ1) is 8.20. The van der Waals surface area contributed by atoms with Crippen LogP contribution in [0.2, 0.25) is 0 Å². The number of rotatable bonds is 2. The van der Waals surface area contributed by atoms with Crippen molar-refractivity contribution in [2.75, 3.05) is 0 Å². The molecule has 0 N–H and O–H groups in total. The van der Waals surface area contributed by atoms with E-state index in [1.54, 1.807) is 0 Å². The first kappa shape index (κ1) is 11.0. The Balaban J connectivity index is 2.32. The molecule has 0 saturated carbocycles. The fraction of sp³-hybridized carbons (Fsp3) is 0. The van der Waals surface area contributed by atoms with Crippen molar-refractivity contribution in [2.45, 2.75) is 0 Å². The molecule has 0 radical (unpaired) electrons.